The number of hydrogen-bond donors (Lipinski definition) is 0. The van der Waals surface area contributed by atoms with Crippen LogP contribution in [-0.2, 0) is 10.8 Å². The summed E-state index contributed by atoms with van der Waals surface area (Å²) in [4.78, 5) is 0. The summed E-state index contributed by atoms with van der Waals surface area (Å²) in [5, 5.41) is 22.1. The third kappa shape index (κ3) is 2.98. The molecule has 0 aromatic heterocycles. The van der Waals surface area contributed by atoms with Crippen molar-refractivity contribution >= 4 is 86.2 Å². The third-order valence-corrected chi connectivity index (χ3v) is 9.99. The maximum atomic E-state index is 2.49. The fourth-order valence-corrected chi connectivity index (χ4v) is 7.87. The van der Waals surface area contributed by atoms with Crippen molar-refractivity contribution < 1.29 is 0 Å². The molecule has 0 nitrogen and oxygen atoms in total. The van der Waals surface area contributed by atoms with Gasteiger partial charge in [-0.25, -0.2) is 0 Å². The fourth-order valence-electron chi connectivity index (χ4n) is 7.87. The Balaban J connectivity index is 1.66. The minimum absolute atomic E-state index is 0.0826. The van der Waals surface area contributed by atoms with E-state index in [0.717, 1.165) is 0 Å². The van der Waals surface area contributed by atoms with Gasteiger partial charge in [0, 0.05) is 0 Å². The van der Waals surface area contributed by atoms with E-state index in [4.69, 9.17) is 0 Å². The first-order chi connectivity index (χ1) is 20.1. The lowest BCUT2D eigenvalue weighted by Crippen LogP contribution is -2.10. The van der Waals surface area contributed by atoms with E-state index in [1.807, 2.05) is 0 Å². The van der Waals surface area contributed by atoms with Crippen LogP contribution in [0.2, 0.25) is 0 Å². The first kappa shape index (κ1) is 24.2. The van der Waals surface area contributed by atoms with Crippen molar-refractivity contribution in [1.29, 1.82) is 0 Å². The summed E-state index contributed by atoms with van der Waals surface area (Å²) in [5.41, 5.74) is 2.94. The average molecular weight is 539 g/mol. The quantitative estimate of drug-likeness (QED) is 0.168. The molecule has 0 aliphatic carbocycles. The van der Waals surface area contributed by atoms with E-state index in [9.17, 15) is 0 Å². The van der Waals surface area contributed by atoms with Crippen molar-refractivity contribution in [2.75, 3.05) is 0 Å². The molecule has 0 fully saturated rings. The van der Waals surface area contributed by atoms with E-state index in [-0.39, 0.29) is 10.8 Å². The SMILES string of the molecule is CC(C)(C)c1ccc2c(c1)c1c3ccccc3cc3c4c5ccc(C(C)(C)C)cc5c5c6ccccc6cc(c2c31)c54. The Hall–Kier alpha value is -4.42. The van der Waals surface area contributed by atoms with Gasteiger partial charge in [0.1, 0.15) is 0 Å². The molecular weight excluding hydrogens is 504 g/mol. The average Bonchev–Trinajstić information content (AvgIpc) is 3.49. The molecule has 9 aromatic carbocycles. The zero-order chi connectivity index (χ0) is 28.7. The van der Waals surface area contributed by atoms with Crippen LogP contribution in [-0.4, -0.2) is 0 Å². The van der Waals surface area contributed by atoms with Crippen LogP contribution in [0.15, 0.2) is 97.1 Å². The summed E-state index contributed by atoms with van der Waals surface area (Å²) in [6.07, 6.45) is 0. The Bertz CT molecular complexity index is 2380. The Morgan fingerprint density at radius 3 is 1.10 bits per heavy atom. The van der Waals surface area contributed by atoms with Gasteiger partial charge in [-0.05, 0) is 132 Å². The first-order valence-electron chi connectivity index (χ1n) is 15.3. The van der Waals surface area contributed by atoms with Crippen LogP contribution >= 0.6 is 0 Å². The number of fused-ring (bicyclic) bond motifs is 12. The van der Waals surface area contributed by atoms with Gasteiger partial charge in [0.05, 0.1) is 0 Å². The normalized spacial score (nSPS) is 13.5. The van der Waals surface area contributed by atoms with Crippen LogP contribution in [0, 0.1) is 0 Å². The smallest absolute Gasteiger partial charge is 0.000718 e. The minimum Gasteiger partial charge on any atom is -0.0616 e. The molecule has 0 aliphatic heterocycles. The van der Waals surface area contributed by atoms with Crippen LogP contribution < -0.4 is 0 Å². The van der Waals surface area contributed by atoms with Gasteiger partial charge in [0.15, 0.2) is 0 Å². The molecule has 0 bridgehead atoms. The minimum atomic E-state index is 0.0826. The lowest BCUT2D eigenvalue weighted by Gasteiger charge is -2.19. The van der Waals surface area contributed by atoms with Crippen LogP contribution in [0.4, 0.5) is 0 Å². The molecule has 0 aliphatic rings. The second kappa shape index (κ2) is 7.69. The van der Waals surface area contributed by atoms with Gasteiger partial charge in [-0.3, -0.25) is 0 Å². The van der Waals surface area contributed by atoms with Crippen molar-refractivity contribution in [2.45, 2.75) is 52.4 Å². The highest BCUT2D eigenvalue weighted by Crippen LogP contribution is 2.54. The lowest BCUT2D eigenvalue weighted by atomic mass is 9.86. The molecule has 0 radical (unpaired) electrons. The molecule has 0 unspecified atom stereocenters. The Morgan fingerprint density at radius 2 is 0.690 bits per heavy atom. The second-order valence-corrected chi connectivity index (χ2v) is 14.6. The van der Waals surface area contributed by atoms with Crippen molar-refractivity contribution in [3.05, 3.63) is 108 Å². The van der Waals surface area contributed by atoms with E-state index in [1.165, 1.54) is 97.3 Å². The molecule has 42 heavy (non-hydrogen) atoms. The predicted octanol–water partition coefficient (Wildman–Crippen LogP) is 12.4. The molecule has 0 amide bonds. The number of benzene rings is 7. The number of hydrogen-bond acceptors (Lipinski definition) is 0. The first-order valence-corrected chi connectivity index (χ1v) is 15.3. The molecule has 9 aromatic rings. The molecule has 0 N–H and O–H groups in total. The zero-order valence-corrected chi connectivity index (χ0v) is 25.2. The summed E-state index contributed by atoms with van der Waals surface area (Å²) < 4.78 is 0. The van der Waals surface area contributed by atoms with Crippen molar-refractivity contribution in [2.24, 2.45) is 0 Å². The summed E-state index contributed by atoms with van der Waals surface area (Å²) >= 11 is 0. The van der Waals surface area contributed by atoms with Gasteiger partial charge in [-0.1, -0.05) is 114 Å². The van der Waals surface area contributed by atoms with Crippen LogP contribution in [0.1, 0.15) is 52.7 Å². The van der Waals surface area contributed by atoms with E-state index in [0.29, 0.717) is 0 Å². The zero-order valence-electron chi connectivity index (χ0n) is 25.2. The molecule has 0 atom stereocenters. The number of rotatable bonds is 0. The molecule has 9 rings (SSSR count). The van der Waals surface area contributed by atoms with Gasteiger partial charge in [0.2, 0.25) is 0 Å². The highest BCUT2D eigenvalue weighted by molar-refractivity contribution is 6.51. The summed E-state index contributed by atoms with van der Waals surface area (Å²) in [7, 11) is 0. The monoisotopic (exact) mass is 538 g/mol. The van der Waals surface area contributed by atoms with Crippen LogP contribution in [0.5, 0.6) is 0 Å². The van der Waals surface area contributed by atoms with Crippen LogP contribution in [0.25, 0.3) is 86.2 Å². The van der Waals surface area contributed by atoms with Crippen LogP contribution in [0.3, 0.4) is 0 Å². The maximum Gasteiger partial charge on any atom is -0.000718 e. The fraction of sp³-hybridized carbons (Fsp3) is 0.190. The highest BCUT2D eigenvalue weighted by Gasteiger charge is 2.26. The summed E-state index contributed by atoms with van der Waals surface area (Å²) in [5.74, 6) is 0. The van der Waals surface area contributed by atoms with E-state index in [2.05, 4.69) is 139 Å². The van der Waals surface area contributed by atoms with E-state index >= 15 is 0 Å². The Kier molecular flexibility index (Phi) is 4.43. The third-order valence-electron chi connectivity index (χ3n) is 9.99. The molecule has 0 saturated carbocycles. The van der Waals surface area contributed by atoms with Gasteiger partial charge in [-0.2, -0.15) is 0 Å². The molecule has 0 heterocycles. The molecule has 0 spiro atoms. The van der Waals surface area contributed by atoms with Gasteiger partial charge < -0.3 is 0 Å². The van der Waals surface area contributed by atoms with Crippen molar-refractivity contribution in [3.63, 3.8) is 0 Å². The van der Waals surface area contributed by atoms with E-state index in [1.54, 1.807) is 0 Å². The molecule has 202 valence electrons. The van der Waals surface area contributed by atoms with Crippen molar-refractivity contribution in [1.82, 2.24) is 0 Å². The van der Waals surface area contributed by atoms with Crippen molar-refractivity contribution in [3.8, 4) is 0 Å². The Labute approximate surface area is 246 Å². The van der Waals surface area contributed by atoms with E-state index < -0.39 is 0 Å². The summed E-state index contributed by atoms with van der Waals surface area (Å²) in [6.45, 7) is 13.9. The lowest BCUT2D eigenvalue weighted by molar-refractivity contribution is 0.591. The molecule has 0 heteroatoms. The largest absolute Gasteiger partial charge is 0.0616 e. The predicted molar refractivity (Wildman–Crippen MR) is 186 cm³/mol. The molecular formula is C42H34. The standard InChI is InChI=1S/C42H34/c1-41(2,3)25-15-17-29-31(21-25)35-27-13-9-7-11-23(27)19-34-38-30-18-16-26(42(4,5)6)22-32(30)36-28-14-10-8-12-24(28)20-33(40(36)38)37(29)39(34)35/h7-22H,1-6H3. The second-order valence-electron chi connectivity index (χ2n) is 14.6. The van der Waals surface area contributed by atoms with Gasteiger partial charge in [0.25, 0.3) is 0 Å². The van der Waals surface area contributed by atoms with Gasteiger partial charge >= 0.3 is 0 Å². The summed E-state index contributed by atoms with van der Waals surface area (Å²) in [6, 6.07) is 37.5. The Morgan fingerprint density at radius 1 is 0.310 bits per heavy atom. The molecule has 0 saturated heterocycles. The maximum absolute atomic E-state index is 2.49. The highest BCUT2D eigenvalue weighted by atomic mass is 14.3. The van der Waals surface area contributed by atoms with Gasteiger partial charge in [-0.15, -0.1) is 0 Å². The topological polar surface area (TPSA) is 0 Å².